The van der Waals surface area contributed by atoms with E-state index in [4.69, 9.17) is 4.74 Å². The number of hydrogen-bond acceptors (Lipinski definition) is 5. The molecule has 0 fully saturated rings. The van der Waals surface area contributed by atoms with Gasteiger partial charge in [-0.2, -0.15) is 0 Å². The van der Waals surface area contributed by atoms with Gasteiger partial charge in [-0.25, -0.2) is 4.98 Å². The molecule has 0 saturated carbocycles. The molecule has 0 radical (unpaired) electrons. The molecule has 0 aliphatic heterocycles. The Kier molecular flexibility index (Phi) is 7.62. The van der Waals surface area contributed by atoms with Gasteiger partial charge in [-0.15, -0.1) is 11.3 Å². The summed E-state index contributed by atoms with van der Waals surface area (Å²) in [7, 11) is 9.67. The standard InChI is InChI=1S/C20H31N5OS/c1-14-8-9-16(18(10-14)24(4)5)11-22-20(21-3)25(6)12-17-13-27-19(23-17)15(2)26-7/h8-10,13,15H,11-12H2,1-7H3,(H,21,22). The number of benzene rings is 1. The number of anilines is 1. The van der Waals surface area contributed by atoms with Gasteiger partial charge in [0.05, 0.1) is 12.2 Å². The highest BCUT2D eigenvalue weighted by Crippen LogP contribution is 2.22. The van der Waals surface area contributed by atoms with E-state index in [2.05, 4.69) is 69.7 Å². The average molecular weight is 390 g/mol. The molecular weight excluding hydrogens is 358 g/mol. The molecule has 1 N–H and O–H groups in total. The molecule has 7 heteroatoms. The van der Waals surface area contributed by atoms with Gasteiger partial charge in [0, 0.05) is 52.9 Å². The number of ether oxygens (including phenoxy) is 1. The van der Waals surface area contributed by atoms with E-state index in [1.54, 1.807) is 25.5 Å². The number of rotatable bonds is 7. The number of hydrogen-bond donors (Lipinski definition) is 1. The first kappa shape index (κ1) is 21.2. The lowest BCUT2D eigenvalue weighted by molar-refractivity contribution is 0.119. The smallest absolute Gasteiger partial charge is 0.194 e. The molecule has 27 heavy (non-hydrogen) atoms. The van der Waals surface area contributed by atoms with Crippen LogP contribution in [0.25, 0.3) is 0 Å². The van der Waals surface area contributed by atoms with Crippen molar-refractivity contribution in [3.05, 3.63) is 45.4 Å². The van der Waals surface area contributed by atoms with Gasteiger partial charge < -0.3 is 19.9 Å². The van der Waals surface area contributed by atoms with E-state index in [0.717, 1.165) is 16.7 Å². The second-order valence-corrected chi connectivity index (χ2v) is 7.73. The van der Waals surface area contributed by atoms with Gasteiger partial charge in [0.2, 0.25) is 0 Å². The molecule has 1 atom stereocenters. The topological polar surface area (TPSA) is 53.0 Å². The summed E-state index contributed by atoms with van der Waals surface area (Å²) in [5.41, 5.74) is 4.74. The third-order valence-electron chi connectivity index (χ3n) is 4.40. The van der Waals surface area contributed by atoms with E-state index in [1.807, 2.05) is 14.0 Å². The number of guanidine groups is 1. The SMILES string of the molecule is CN=C(NCc1ccc(C)cc1N(C)C)N(C)Cc1csc(C(C)OC)n1. The quantitative estimate of drug-likeness (QED) is 0.581. The zero-order chi connectivity index (χ0) is 20.0. The van der Waals surface area contributed by atoms with Crippen LogP contribution < -0.4 is 10.2 Å². The molecule has 1 unspecified atom stereocenters. The molecule has 0 bridgehead atoms. The zero-order valence-corrected chi connectivity index (χ0v) is 18.2. The molecule has 0 aliphatic carbocycles. The van der Waals surface area contributed by atoms with Crippen LogP contribution in [0.15, 0.2) is 28.6 Å². The van der Waals surface area contributed by atoms with Crippen molar-refractivity contribution >= 4 is 23.0 Å². The van der Waals surface area contributed by atoms with Crippen LogP contribution in [0.1, 0.15) is 34.9 Å². The number of nitrogens with zero attached hydrogens (tertiary/aromatic N) is 4. The van der Waals surface area contributed by atoms with E-state index >= 15 is 0 Å². The minimum Gasteiger partial charge on any atom is -0.377 e. The minimum atomic E-state index is 0.0254. The Labute approximate surface area is 166 Å². The highest BCUT2D eigenvalue weighted by molar-refractivity contribution is 7.09. The molecule has 1 heterocycles. The number of aliphatic imine (C=N–C) groups is 1. The van der Waals surface area contributed by atoms with Crippen LogP contribution in [0.5, 0.6) is 0 Å². The fourth-order valence-corrected chi connectivity index (χ4v) is 3.64. The van der Waals surface area contributed by atoms with E-state index < -0.39 is 0 Å². The second-order valence-electron chi connectivity index (χ2n) is 6.84. The largest absolute Gasteiger partial charge is 0.377 e. The number of aryl methyl sites for hydroxylation is 1. The van der Waals surface area contributed by atoms with Gasteiger partial charge in [-0.1, -0.05) is 12.1 Å². The van der Waals surface area contributed by atoms with Crippen molar-refractivity contribution in [2.45, 2.75) is 33.0 Å². The highest BCUT2D eigenvalue weighted by atomic mass is 32.1. The van der Waals surface area contributed by atoms with Crippen LogP contribution in [0.3, 0.4) is 0 Å². The van der Waals surface area contributed by atoms with Gasteiger partial charge in [0.25, 0.3) is 0 Å². The maximum absolute atomic E-state index is 5.34. The first-order valence-corrected chi connectivity index (χ1v) is 9.89. The molecule has 2 rings (SSSR count). The zero-order valence-electron chi connectivity index (χ0n) is 17.4. The van der Waals surface area contributed by atoms with Gasteiger partial charge in [0.1, 0.15) is 11.1 Å². The summed E-state index contributed by atoms with van der Waals surface area (Å²) < 4.78 is 5.34. The summed E-state index contributed by atoms with van der Waals surface area (Å²) in [6.45, 7) is 5.54. The molecule has 0 aliphatic rings. The predicted octanol–water partition coefficient (Wildman–Crippen LogP) is 3.43. The van der Waals surface area contributed by atoms with Crippen molar-refractivity contribution < 1.29 is 4.74 Å². The fourth-order valence-electron chi connectivity index (χ4n) is 2.80. The maximum Gasteiger partial charge on any atom is 0.194 e. The summed E-state index contributed by atoms with van der Waals surface area (Å²) in [5.74, 6) is 0.842. The third kappa shape index (κ3) is 5.68. The maximum atomic E-state index is 5.34. The predicted molar refractivity (Wildman–Crippen MR) is 115 cm³/mol. The third-order valence-corrected chi connectivity index (χ3v) is 5.46. The molecule has 6 nitrogen and oxygen atoms in total. The molecule has 0 saturated heterocycles. The minimum absolute atomic E-state index is 0.0254. The summed E-state index contributed by atoms with van der Waals surface area (Å²) in [5, 5.41) is 6.54. The van der Waals surface area contributed by atoms with Crippen LogP contribution in [-0.2, 0) is 17.8 Å². The van der Waals surface area contributed by atoms with Crippen LogP contribution in [0, 0.1) is 6.92 Å². The number of aromatic nitrogens is 1. The number of thiazole rings is 1. The first-order chi connectivity index (χ1) is 12.8. The molecule has 148 valence electrons. The summed E-state index contributed by atoms with van der Waals surface area (Å²) in [4.78, 5) is 13.3. The molecule has 0 spiro atoms. The van der Waals surface area contributed by atoms with Gasteiger partial charge in [-0.05, 0) is 31.0 Å². The first-order valence-electron chi connectivity index (χ1n) is 9.01. The molecule has 1 aromatic heterocycles. The van der Waals surface area contributed by atoms with E-state index in [9.17, 15) is 0 Å². The lowest BCUT2D eigenvalue weighted by Crippen LogP contribution is -2.38. The van der Waals surface area contributed by atoms with Crippen molar-refractivity contribution in [2.24, 2.45) is 4.99 Å². The average Bonchev–Trinajstić information content (AvgIpc) is 3.10. The lowest BCUT2D eigenvalue weighted by atomic mass is 10.1. The Morgan fingerprint density at radius 3 is 2.70 bits per heavy atom. The van der Waals surface area contributed by atoms with Crippen molar-refractivity contribution in [1.29, 1.82) is 0 Å². The molecule has 0 amide bonds. The van der Waals surface area contributed by atoms with Crippen LogP contribution in [0.2, 0.25) is 0 Å². The van der Waals surface area contributed by atoms with Gasteiger partial charge in [0.15, 0.2) is 5.96 Å². The molecule has 1 aromatic carbocycles. The van der Waals surface area contributed by atoms with E-state index in [-0.39, 0.29) is 6.10 Å². The van der Waals surface area contributed by atoms with Crippen molar-refractivity contribution in [1.82, 2.24) is 15.2 Å². The van der Waals surface area contributed by atoms with Crippen molar-refractivity contribution in [2.75, 3.05) is 40.2 Å². The lowest BCUT2D eigenvalue weighted by Gasteiger charge is -2.23. The summed E-state index contributed by atoms with van der Waals surface area (Å²) in [6.07, 6.45) is 0.0254. The number of nitrogens with one attached hydrogen (secondary N) is 1. The van der Waals surface area contributed by atoms with Crippen LogP contribution in [-0.4, -0.2) is 51.1 Å². The normalized spacial score (nSPS) is 12.8. The Balaban J connectivity index is 2.02. The highest BCUT2D eigenvalue weighted by Gasteiger charge is 2.13. The second kappa shape index (κ2) is 9.71. The Morgan fingerprint density at radius 1 is 1.33 bits per heavy atom. The monoisotopic (exact) mass is 389 g/mol. The van der Waals surface area contributed by atoms with E-state index in [0.29, 0.717) is 13.1 Å². The van der Waals surface area contributed by atoms with Gasteiger partial charge in [-0.3, -0.25) is 4.99 Å². The molecule has 2 aromatic rings. The number of methoxy groups -OCH3 is 1. The Hall–Kier alpha value is -2.12. The van der Waals surface area contributed by atoms with Crippen molar-refractivity contribution in [3.8, 4) is 0 Å². The van der Waals surface area contributed by atoms with Crippen LogP contribution >= 0.6 is 11.3 Å². The molecular formula is C20H31N5OS. The Bertz CT molecular complexity index is 771. The fraction of sp³-hybridized carbons (Fsp3) is 0.500. The van der Waals surface area contributed by atoms with Crippen LogP contribution in [0.4, 0.5) is 5.69 Å². The van der Waals surface area contributed by atoms with E-state index in [1.165, 1.54) is 16.8 Å². The summed E-state index contributed by atoms with van der Waals surface area (Å²) in [6, 6.07) is 6.52. The Morgan fingerprint density at radius 2 is 2.07 bits per heavy atom. The van der Waals surface area contributed by atoms with Crippen molar-refractivity contribution in [3.63, 3.8) is 0 Å². The summed E-state index contributed by atoms with van der Waals surface area (Å²) >= 11 is 1.63. The van der Waals surface area contributed by atoms with Gasteiger partial charge >= 0.3 is 0 Å².